The van der Waals surface area contributed by atoms with Crippen LogP contribution in [0, 0.1) is 0 Å². The molecular weight excluding hydrogens is 255 g/mol. The van der Waals surface area contributed by atoms with Crippen molar-refractivity contribution < 1.29 is 19.5 Å². The summed E-state index contributed by atoms with van der Waals surface area (Å²) in [5.74, 6) is 0.824. The van der Waals surface area contributed by atoms with Crippen LogP contribution in [0.2, 0.25) is 0 Å². The van der Waals surface area contributed by atoms with Gasteiger partial charge in [-0.3, -0.25) is 0 Å². The third-order valence-electron chi connectivity index (χ3n) is 3.56. The Hall–Kier alpha value is -1.56. The van der Waals surface area contributed by atoms with E-state index in [4.69, 9.17) is 9.47 Å². The van der Waals surface area contributed by atoms with Crippen LogP contribution in [0.3, 0.4) is 0 Å². The van der Waals surface area contributed by atoms with Gasteiger partial charge in [0.2, 0.25) is 0 Å². The van der Waals surface area contributed by atoms with Gasteiger partial charge in [-0.1, -0.05) is 24.3 Å². The lowest BCUT2D eigenvalue weighted by Gasteiger charge is -2.23. The molecule has 1 unspecified atom stereocenters. The monoisotopic (exact) mass is 272 g/mol. The summed E-state index contributed by atoms with van der Waals surface area (Å²) >= 11 is 0. The molecule has 1 aliphatic heterocycles. The molecule has 3 rings (SSSR count). The number of fused-ring (bicyclic) bond motifs is 1. The average molecular weight is 272 g/mol. The van der Waals surface area contributed by atoms with Gasteiger partial charge in [0, 0.05) is 6.61 Å². The Labute approximate surface area is 118 Å². The lowest BCUT2D eigenvalue weighted by atomic mass is 9.79. The fourth-order valence-electron chi connectivity index (χ4n) is 2.47. The highest BCUT2D eigenvalue weighted by molar-refractivity contribution is 6.58. The molecule has 0 radical (unpaired) electrons. The maximum Gasteiger partial charge on any atom is 0.488 e. The van der Waals surface area contributed by atoms with Crippen molar-refractivity contribution >= 4 is 23.4 Å². The Kier molecular flexibility index (Phi) is 3.92. The van der Waals surface area contributed by atoms with Gasteiger partial charge in [0.1, 0.15) is 11.9 Å². The molecule has 0 amide bonds. The first-order valence-electron chi connectivity index (χ1n) is 6.86. The van der Waals surface area contributed by atoms with Crippen molar-refractivity contribution in [2.24, 2.45) is 0 Å². The number of benzene rings is 2. The van der Waals surface area contributed by atoms with Crippen LogP contribution in [0.15, 0.2) is 36.4 Å². The van der Waals surface area contributed by atoms with E-state index in [2.05, 4.69) is 0 Å². The fraction of sp³-hybridized carbons (Fsp3) is 0.333. The molecule has 1 atom stereocenters. The van der Waals surface area contributed by atoms with Gasteiger partial charge in [0.15, 0.2) is 0 Å². The highest BCUT2D eigenvalue weighted by atomic mass is 16.5. The molecule has 0 spiro atoms. The van der Waals surface area contributed by atoms with Gasteiger partial charge in [-0.15, -0.1) is 0 Å². The summed E-state index contributed by atoms with van der Waals surface area (Å²) < 4.78 is 11.3. The predicted octanol–water partition coefficient (Wildman–Crippen LogP) is 1.08. The maximum atomic E-state index is 9.17. The molecule has 0 bridgehead atoms. The quantitative estimate of drug-likeness (QED) is 0.821. The van der Waals surface area contributed by atoms with Gasteiger partial charge in [-0.05, 0) is 41.2 Å². The van der Waals surface area contributed by atoms with Crippen LogP contribution in [0.5, 0.6) is 5.75 Å². The highest BCUT2D eigenvalue weighted by Gasteiger charge is 2.16. The summed E-state index contributed by atoms with van der Waals surface area (Å²) in [5, 5.41) is 20.3. The molecule has 5 heteroatoms. The Morgan fingerprint density at radius 1 is 1.10 bits per heavy atom. The van der Waals surface area contributed by atoms with Crippen molar-refractivity contribution in [2.45, 2.75) is 18.9 Å². The van der Waals surface area contributed by atoms with E-state index in [-0.39, 0.29) is 6.10 Å². The zero-order valence-corrected chi connectivity index (χ0v) is 11.2. The molecule has 0 aromatic heterocycles. The minimum absolute atomic E-state index is 0.125. The summed E-state index contributed by atoms with van der Waals surface area (Å²) in [6, 6.07) is 11.2. The largest absolute Gasteiger partial charge is 0.488 e. The first-order chi connectivity index (χ1) is 9.72. The summed E-state index contributed by atoms with van der Waals surface area (Å²) in [6.45, 7) is 1.47. The molecule has 2 N–H and O–H groups in total. The van der Waals surface area contributed by atoms with E-state index in [0.29, 0.717) is 12.1 Å². The van der Waals surface area contributed by atoms with E-state index in [1.165, 1.54) is 0 Å². The van der Waals surface area contributed by atoms with Crippen LogP contribution in [0.1, 0.15) is 12.8 Å². The molecule has 2 aromatic carbocycles. The predicted molar refractivity (Wildman–Crippen MR) is 78.2 cm³/mol. The van der Waals surface area contributed by atoms with E-state index in [0.717, 1.165) is 36.0 Å². The smallest absolute Gasteiger partial charge is 0.488 e. The Balaban J connectivity index is 1.81. The zero-order chi connectivity index (χ0) is 13.9. The molecule has 4 nitrogen and oxygen atoms in total. The van der Waals surface area contributed by atoms with Gasteiger partial charge < -0.3 is 19.5 Å². The number of hydrogen-bond acceptors (Lipinski definition) is 4. The van der Waals surface area contributed by atoms with Crippen molar-refractivity contribution in [1.29, 1.82) is 0 Å². The third kappa shape index (κ3) is 2.95. The van der Waals surface area contributed by atoms with Crippen molar-refractivity contribution in [1.82, 2.24) is 0 Å². The first-order valence-corrected chi connectivity index (χ1v) is 6.86. The van der Waals surface area contributed by atoms with E-state index in [9.17, 15) is 10.0 Å². The molecule has 20 heavy (non-hydrogen) atoms. The molecule has 104 valence electrons. The molecule has 1 fully saturated rings. The normalized spacial score (nSPS) is 19.0. The maximum absolute atomic E-state index is 9.17. The van der Waals surface area contributed by atoms with E-state index >= 15 is 0 Å². The number of hydrogen-bond donors (Lipinski definition) is 2. The number of ether oxygens (including phenoxy) is 2. The van der Waals surface area contributed by atoms with Crippen LogP contribution in [-0.4, -0.2) is 36.5 Å². The lowest BCUT2D eigenvalue weighted by molar-refractivity contribution is 0.00749. The average Bonchev–Trinajstić information content (AvgIpc) is 2.47. The molecule has 2 aromatic rings. The standard InChI is InChI=1S/C15H17BO4/c17-16(18)13-5-3-12-9-14(6-4-11(12)8-13)20-15-2-1-7-19-10-15/h3-6,8-9,15,17-18H,1-2,7,10H2. The van der Waals surface area contributed by atoms with Crippen LogP contribution >= 0.6 is 0 Å². The van der Waals surface area contributed by atoms with Gasteiger partial charge >= 0.3 is 7.12 Å². The molecule has 0 aliphatic carbocycles. The van der Waals surface area contributed by atoms with E-state index in [1.54, 1.807) is 12.1 Å². The second kappa shape index (κ2) is 5.83. The molecule has 1 saturated heterocycles. The minimum atomic E-state index is -1.44. The summed E-state index contributed by atoms with van der Waals surface area (Å²) in [6.07, 6.45) is 2.18. The second-order valence-corrected chi connectivity index (χ2v) is 5.10. The SMILES string of the molecule is OB(O)c1ccc2cc(OC3CCCOC3)ccc2c1. The van der Waals surface area contributed by atoms with Crippen molar-refractivity contribution in [3.63, 3.8) is 0 Å². The van der Waals surface area contributed by atoms with Gasteiger partial charge in [0.25, 0.3) is 0 Å². The second-order valence-electron chi connectivity index (χ2n) is 5.10. The van der Waals surface area contributed by atoms with Crippen molar-refractivity contribution in [2.75, 3.05) is 13.2 Å². The van der Waals surface area contributed by atoms with Crippen LogP contribution in [0.4, 0.5) is 0 Å². The van der Waals surface area contributed by atoms with Gasteiger partial charge in [-0.25, -0.2) is 0 Å². The summed E-state index contributed by atoms with van der Waals surface area (Å²) in [7, 11) is -1.44. The first kappa shape index (κ1) is 13.4. The summed E-state index contributed by atoms with van der Waals surface area (Å²) in [5.41, 5.74) is 0.492. The molecule has 1 aliphatic rings. The lowest BCUT2D eigenvalue weighted by Crippen LogP contribution is -2.29. The zero-order valence-electron chi connectivity index (χ0n) is 11.2. The Morgan fingerprint density at radius 3 is 2.65 bits per heavy atom. The minimum Gasteiger partial charge on any atom is -0.488 e. The third-order valence-corrected chi connectivity index (χ3v) is 3.56. The number of rotatable bonds is 3. The molecule has 0 saturated carbocycles. The van der Waals surface area contributed by atoms with Crippen LogP contribution in [-0.2, 0) is 4.74 Å². The van der Waals surface area contributed by atoms with Crippen LogP contribution < -0.4 is 10.2 Å². The van der Waals surface area contributed by atoms with E-state index in [1.807, 2.05) is 24.3 Å². The highest BCUT2D eigenvalue weighted by Crippen LogP contribution is 2.22. The Morgan fingerprint density at radius 2 is 1.90 bits per heavy atom. The van der Waals surface area contributed by atoms with E-state index < -0.39 is 7.12 Å². The van der Waals surface area contributed by atoms with Crippen molar-refractivity contribution in [3.8, 4) is 5.75 Å². The summed E-state index contributed by atoms with van der Waals surface area (Å²) in [4.78, 5) is 0. The van der Waals surface area contributed by atoms with Crippen LogP contribution in [0.25, 0.3) is 10.8 Å². The van der Waals surface area contributed by atoms with Crippen molar-refractivity contribution in [3.05, 3.63) is 36.4 Å². The van der Waals surface area contributed by atoms with Gasteiger partial charge in [0.05, 0.1) is 6.61 Å². The molecular formula is C15H17BO4. The molecule has 1 heterocycles. The van der Waals surface area contributed by atoms with Gasteiger partial charge in [-0.2, -0.15) is 0 Å². The fourth-order valence-corrected chi connectivity index (χ4v) is 2.47. The topological polar surface area (TPSA) is 58.9 Å². The Bertz CT molecular complexity index is 593.